The van der Waals surface area contributed by atoms with E-state index >= 15 is 0 Å². The van der Waals surface area contributed by atoms with Gasteiger partial charge in [-0.3, -0.25) is 29.0 Å². The molecule has 278 valence electrons. The molecule has 11 rings (SSSR count). The molecule has 2 saturated heterocycles. The zero-order valence-electron chi connectivity index (χ0n) is 30.2. The summed E-state index contributed by atoms with van der Waals surface area (Å²) in [5, 5.41) is 10.2. The highest BCUT2D eigenvalue weighted by Gasteiger charge is 2.62. The zero-order chi connectivity index (χ0) is 38.5. The number of nitrogens with zero attached hydrogens (tertiary/aromatic N) is 4. The molecule has 6 atom stereocenters. The molecule has 11 heteroatoms. The van der Waals surface area contributed by atoms with Gasteiger partial charge in [-0.05, 0) is 109 Å². The Hall–Kier alpha value is -7.14. The maximum absolute atomic E-state index is 14.6. The second-order valence-electron chi connectivity index (χ2n) is 15.2. The topological polar surface area (TPSA) is 147 Å². The number of carbonyl (C=O) groups is 4. The van der Waals surface area contributed by atoms with Crippen molar-refractivity contribution in [2.75, 3.05) is 9.80 Å². The number of aromatic nitrogens is 2. The van der Waals surface area contributed by atoms with Crippen molar-refractivity contribution < 1.29 is 33.1 Å². The molecular formula is C46H32N4O7. The van der Waals surface area contributed by atoms with Gasteiger partial charge < -0.3 is 13.9 Å². The van der Waals surface area contributed by atoms with Crippen molar-refractivity contribution in [3.05, 3.63) is 139 Å². The van der Waals surface area contributed by atoms with Crippen molar-refractivity contribution in [1.29, 1.82) is 0 Å². The number of anilines is 2. The van der Waals surface area contributed by atoms with Gasteiger partial charge in [0.2, 0.25) is 35.4 Å². The quantitative estimate of drug-likeness (QED) is 0.136. The molecule has 5 aromatic carbocycles. The van der Waals surface area contributed by atoms with Crippen LogP contribution in [0.4, 0.5) is 11.4 Å². The average Bonchev–Trinajstić information content (AvgIpc) is 3.99. The van der Waals surface area contributed by atoms with Crippen LogP contribution >= 0.6 is 0 Å². The molecule has 3 fully saturated rings. The molecule has 0 bridgehead atoms. The van der Waals surface area contributed by atoms with E-state index in [-0.39, 0.29) is 35.8 Å². The lowest BCUT2D eigenvalue weighted by atomic mass is 9.57. The maximum Gasteiger partial charge on any atom is 0.238 e. The maximum atomic E-state index is 14.6. The smallest absolute Gasteiger partial charge is 0.238 e. The van der Waals surface area contributed by atoms with Gasteiger partial charge in [-0.1, -0.05) is 48.0 Å². The number of carbonyl (C=O) groups excluding carboxylic acids is 4. The van der Waals surface area contributed by atoms with Crippen LogP contribution in [0.15, 0.2) is 142 Å². The SMILES string of the molecule is O=C1C2CC=C3C(CC4C(=O)N(c5ccc(-c6nc7ccccc7o6)cc5)C(=O)C4C3c3ccc(O)cc3)C2C(=O)N1c1ccc(-c2nc3ccccc3o2)cc1. The van der Waals surface area contributed by atoms with Crippen molar-refractivity contribution >= 4 is 57.2 Å². The Morgan fingerprint density at radius 1 is 0.544 bits per heavy atom. The summed E-state index contributed by atoms with van der Waals surface area (Å²) in [6.45, 7) is 0. The van der Waals surface area contributed by atoms with E-state index < -0.39 is 35.5 Å². The number of hydrogen-bond donors (Lipinski definition) is 1. The van der Waals surface area contributed by atoms with Crippen molar-refractivity contribution in [2.45, 2.75) is 18.8 Å². The van der Waals surface area contributed by atoms with Crippen molar-refractivity contribution in [3.8, 4) is 28.7 Å². The van der Waals surface area contributed by atoms with Crippen molar-refractivity contribution in [3.63, 3.8) is 0 Å². The lowest BCUT2D eigenvalue weighted by Crippen LogP contribution is -2.43. The van der Waals surface area contributed by atoms with E-state index in [0.717, 1.165) is 22.2 Å². The first kappa shape index (κ1) is 33.2. The minimum Gasteiger partial charge on any atom is -0.508 e. The molecule has 2 aromatic heterocycles. The summed E-state index contributed by atoms with van der Waals surface area (Å²) in [6, 6.07) is 35.7. The number of para-hydroxylation sites is 4. The first-order valence-corrected chi connectivity index (χ1v) is 19.0. The van der Waals surface area contributed by atoms with E-state index in [1.165, 1.54) is 9.80 Å². The molecule has 4 heterocycles. The number of amides is 4. The summed E-state index contributed by atoms with van der Waals surface area (Å²) in [6.07, 6.45) is 2.59. The first-order valence-electron chi connectivity index (χ1n) is 19.0. The van der Waals surface area contributed by atoms with Crippen LogP contribution in [0.3, 0.4) is 0 Å². The molecule has 1 saturated carbocycles. The Labute approximate surface area is 324 Å². The Kier molecular flexibility index (Phi) is 7.25. The van der Waals surface area contributed by atoms with Gasteiger partial charge in [0, 0.05) is 17.0 Å². The first-order chi connectivity index (χ1) is 27.8. The van der Waals surface area contributed by atoms with Crippen molar-refractivity contribution in [2.24, 2.45) is 29.6 Å². The molecule has 1 N–H and O–H groups in total. The van der Waals surface area contributed by atoms with E-state index in [9.17, 15) is 24.3 Å². The second kappa shape index (κ2) is 12.4. The third-order valence-corrected chi connectivity index (χ3v) is 12.2. The van der Waals surface area contributed by atoms with Crippen LogP contribution < -0.4 is 9.80 Å². The molecular weight excluding hydrogens is 721 g/mol. The molecule has 2 aliphatic carbocycles. The lowest BCUT2D eigenvalue weighted by Gasteiger charge is -2.44. The van der Waals surface area contributed by atoms with Crippen LogP contribution in [0.5, 0.6) is 5.75 Å². The number of imide groups is 2. The molecule has 6 unspecified atom stereocenters. The number of benzene rings is 5. The van der Waals surface area contributed by atoms with Crippen LogP contribution in [0.1, 0.15) is 24.3 Å². The van der Waals surface area contributed by atoms with Crippen LogP contribution in [0.25, 0.3) is 45.1 Å². The van der Waals surface area contributed by atoms with Crippen LogP contribution in [0, 0.1) is 29.6 Å². The predicted octanol–water partition coefficient (Wildman–Crippen LogP) is 8.05. The second-order valence-corrected chi connectivity index (χ2v) is 15.2. The summed E-state index contributed by atoms with van der Waals surface area (Å²) < 4.78 is 11.9. The number of aromatic hydroxyl groups is 1. The van der Waals surface area contributed by atoms with Gasteiger partial charge in [0.25, 0.3) is 0 Å². The summed E-state index contributed by atoms with van der Waals surface area (Å²) in [7, 11) is 0. The van der Waals surface area contributed by atoms with Gasteiger partial charge in [-0.2, -0.15) is 0 Å². The number of fused-ring (bicyclic) bond motifs is 6. The molecule has 0 spiro atoms. The largest absolute Gasteiger partial charge is 0.508 e. The monoisotopic (exact) mass is 752 g/mol. The van der Waals surface area contributed by atoms with Gasteiger partial charge in [-0.25, -0.2) is 9.97 Å². The molecule has 4 aliphatic rings. The molecule has 57 heavy (non-hydrogen) atoms. The summed E-state index contributed by atoms with van der Waals surface area (Å²) in [4.78, 5) is 69.4. The predicted molar refractivity (Wildman–Crippen MR) is 209 cm³/mol. The number of phenols is 1. The number of phenolic OH excluding ortho intramolecular Hbond substituents is 1. The van der Waals surface area contributed by atoms with E-state index in [1.807, 2.05) is 54.6 Å². The molecule has 11 nitrogen and oxygen atoms in total. The molecule has 0 radical (unpaired) electrons. The summed E-state index contributed by atoms with van der Waals surface area (Å²) in [5.41, 5.74) is 6.70. The van der Waals surface area contributed by atoms with E-state index in [2.05, 4.69) is 9.97 Å². The van der Waals surface area contributed by atoms with E-state index in [1.54, 1.807) is 72.8 Å². The normalized spacial score (nSPS) is 24.2. The summed E-state index contributed by atoms with van der Waals surface area (Å²) in [5.74, 6) is -4.11. The van der Waals surface area contributed by atoms with Crippen molar-refractivity contribution in [1.82, 2.24) is 9.97 Å². The van der Waals surface area contributed by atoms with E-state index in [0.29, 0.717) is 51.9 Å². The Morgan fingerprint density at radius 3 is 1.60 bits per heavy atom. The highest BCUT2D eigenvalue weighted by Crippen LogP contribution is 2.58. The van der Waals surface area contributed by atoms with Gasteiger partial charge in [0.05, 0.1) is 35.0 Å². The fourth-order valence-corrected chi connectivity index (χ4v) is 9.65. The minimum absolute atomic E-state index is 0.0733. The number of rotatable bonds is 5. The third-order valence-electron chi connectivity index (χ3n) is 12.2. The zero-order valence-corrected chi connectivity index (χ0v) is 30.2. The van der Waals surface area contributed by atoms with Gasteiger partial charge in [0.15, 0.2) is 11.2 Å². The molecule has 4 amide bonds. The van der Waals surface area contributed by atoms with Crippen LogP contribution in [-0.4, -0.2) is 38.7 Å². The highest BCUT2D eigenvalue weighted by atomic mass is 16.4. The average molecular weight is 753 g/mol. The molecule has 2 aliphatic heterocycles. The Bertz CT molecular complexity index is 2770. The van der Waals surface area contributed by atoms with Crippen LogP contribution in [0.2, 0.25) is 0 Å². The van der Waals surface area contributed by atoms with E-state index in [4.69, 9.17) is 8.83 Å². The fraction of sp³-hybridized carbons (Fsp3) is 0.174. The number of oxazole rings is 2. The third kappa shape index (κ3) is 5.04. The van der Waals surface area contributed by atoms with Crippen LogP contribution in [-0.2, 0) is 19.2 Å². The van der Waals surface area contributed by atoms with Gasteiger partial charge in [0.1, 0.15) is 16.8 Å². The number of hydrogen-bond acceptors (Lipinski definition) is 9. The van der Waals surface area contributed by atoms with Gasteiger partial charge >= 0.3 is 0 Å². The fourth-order valence-electron chi connectivity index (χ4n) is 9.65. The minimum atomic E-state index is -0.736. The highest BCUT2D eigenvalue weighted by molar-refractivity contribution is 6.24. The van der Waals surface area contributed by atoms with Gasteiger partial charge in [-0.15, -0.1) is 0 Å². The molecule has 7 aromatic rings. The number of allylic oxidation sites excluding steroid dienone is 2. The Morgan fingerprint density at radius 2 is 1.05 bits per heavy atom. The summed E-state index contributed by atoms with van der Waals surface area (Å²) >= 11 is 0. The lowest BCUT2D eigenvalue weighted by molar-refractivity contribution is -0.126. The standard InChI is InChI=1S/C46H32N4O7/c51-29-19-13-24(14-20-29)38-30-21-22-31-39(45(54)49(43(31)52)27-15-9-25(10-16-27)41-47-34-5-1-3-7-36(34)56-41)32(30)23-33-40(38)46(55)50(44(33)53)28-17-11-26(12-18-28)42-48-35-6-2-4-8-37(35)57-42/h1-21,31-33,38-40,51H,22-23H2. The Balaban J connectivity index is 0.918.